The number of thiazole rings is 1. The third-order valence-corrected chi connectivity index (χ3v) is 4.86. The van der Waals surface area contributed by atoms with Gasteiger partial charge in [0.05, 0.1) is 6.04 Å². The van der Waals surface area contributed by atoms with Gasteiger partial charge in [-0.3, -0.25) is 0 Å². The summed E-state index contributed by atoms with van der Waals surface area (Å²) in [5, 5.41) is 6.88. The summed E-state index contributed by atoms with van der Waals surface area (Å²) in [6.45, 7) is 4.41. The van der Waals surface area contributed by atoms with Gasteiger partial charge in [-0.1, -0.05) is 19.1 Å². The second-order valence-electron chi connectivity index (χ2n) is 4.49. The minimum atomic E-state index is 0.338. The molecule has 0 fully saturated rings. The minimum absolute atomic E-state index is 0.338. The molecule has 0 saturated carbocycles. The van der Waals surface area contributed by atoms with Crippen molar-refractivity contribution in [3.8, 4) is 0 Å². The molecule has 102 valence electrons. The Bertz CT molecular complexity index is 479. The lowest BCUT2D eigenvalue weighted by atomic mass is 10.1. The number of nitrogens with one attached hydrogen (secondary N) is 1. The second-order valence-corrected chi connectivity index (χ2v) is 6.30. The molecule has 0 bridgehead atoms. The van der Waals surface area contributed by atoms with E-state index in [0.29, 0.717) is 12.1 Å². The van der Waals surface area contributed by atoms with Crippen LogP contribution in [0.3, 0.4) is 0 Å². The Morgan fingerprint density at radius 3 is 2.58 bits per heavy atom. The van der Waals surface area contributed by atoms with Crippen molar-refractivity contribution in [2.45, 2.75) is 37.2 Å². The molecule has 0 saturated heterocycles. The Hall–Kier alpha value is -0.840. The van der Waals surface area contributed by atoms with E-state index in [1.165, 1.54) is 15.5 Å². The highest BCUT2D eigenvalue weighted by molar-refractivity contribution is 7.98. The van der Waals surface area contributed by atoms with Crippen molar-refractivity contribution in [2.24, 2.45) is 0 Å². The van der Waals surface area contributed by atoms with Gasteiger partial charge < -0.3 is 5.32 Å². The predicted molar refractivity (Wildman–Crippen MR) is 84.9 cm³/mol. The summed E-state index contributed by atoms with van der Waals surface area (Å²) in [6, 6.07) is 9.46. The Kier molecular flexibility index (Phi) is 5.43. The summed E-state index contributed by atoms with van der Waals surface area (Å²) in [7, 11) is 0. The van der Waals surface area contributed by atoms with Crippen molar-refractivity contribution in [3.05, 3.63) is 46.4 Å². The third-order valence-electron chi connectivity index (χ3n) is 3.22. The molecule has 2 nitrogen and oxygen atoms in total. The number of hydrogen-bond donors (Lipinski definition) is 1. The first-order chi connectivity index (χ1) is 9.24. The van der Waals surface area contributed by atoms with E-state index < -0.39 is 0 Å². The highest BCUT2D eigenvalue weighted by Crippen LogP contribution is 2.24. The summed E-state index contributed by atoms with van der Waals surface area (Å²) in [5.74, 6) is 0. The quantitative estimate of drug-likeness (QED) is 0.783. The number of nitrogens with zero attached hydrogens (tertiary/aromatic N) is 1. The predicted octanol–water partition coefficient (Wildman–Crippen LogP) is 4.67. The molecule has 2 atom stereocenters. The highest BCUT2D eigenvalue weighted by atomic mass is 32.2. The molecule has 0 spiro atoms. The van der Waals surface area contributed by atoms with Gasteiger partial charge in [-0.05, 0) is 37.3 Å². The molecule has 2 aromatic rings. The average Bonchev–Trinajstić information content (AvgIpc) is 2.98. The van der Waals surface area contributed by atoms with Gasteiger partial charge in [-0.2, -0.15) is 0 Å². The van der Waals surface area contributed by atoms with Gasteiger partial charge in [0.25, 0.3) is 0 Å². The fourth-order valence-electron chi connectivity index (χ4n) is 2.06. The lowest BCUT2D eigenvalue weighted by Crippen LogP contribution is -2.24. The largest absolute Gasteiger partial charge is 0.301 e. The number of hydrogen-bond acceptors (Lipinski definition) is 4. The molecule has 0 radical (unpaired) electrons. The topological polar surface area (TPSA) is 24.9 Å². The van der Waals surface area contributed by atoms with Crippen LogP contribution in [0.15, 0.2) is 40.7 Å². The van der Waals surface area contributed by atoms with Crippen molar-refractivity contribution >= 4 is 23.1 Å². The summed E-state index contributed by atoms with van der Waals surface area (Å²) >= 11 is 3.50. The molecular weight excluding hydrogens is 272 g/mol. The van der Waals surface area contributed by atoms with Crippen LogP contribution in [-0.4, -0.2) is 11.2 Å². The fraction of sp³-hybridized carbons (Fsp3) is 0.400. The number of rotatable bonds is 6. The van der Waals surface area contributed by atoms with Crippen LogP contribution in [0, 0.1) is 0 Å². The summed E-state index contributed by atoms with van der Waals surface area (Å²) < 4.78 is 0. The maximum atomic E-state index is 4.41. The first kappa shape index (κ1) is 14.6. The molecule has 4 heteroatoms. The van der Waals surface area contributed by atoms with Crippen molar-refractivity contribution < 1.29 is 0 Å². The Morgan fingerprint density at radius 2 is 2.05 bits per heavy atom. The van der Waals surface area contributed by atoms with E-state index in [1.807, 2.05) is 11.6 Å². The van der Waals surface area contributed by atoms with E-state index in [1.54, 1.807) is 23.1 Å². The molecule has 0 aliphatic rings. The monoisotopic (exact) mass is 292 g/mol. The van der Waals surface area contributed by atoms with Gasteiger partial charge in [0, 0.05) is 22.5 Å². The number of benzene rings is 1. The number of aromatic nitrogens is 1. The van der Waals surface area contributed by atoms with Gasteiger partial charge in [0.1, 0.15) is 5.01 Å². The second kappa shape index (κ2) is 7.08. The SMILES string of the molecule is CCC(NC(C)c1ccc(SC)cc1)c1nccs1. The molecule has 2 rings (SSSR count). The summed E-state index contributed by atoms with van der Waals surface area (Å²) in [6.07, 6.45) is 5.04. The molecule has 19 heavy (non-hydrogen) atoms. The maximum absolute atomic E-state index is 4.41. The summed E-state index contributed by atoms with van der Waals surface area (Å²) in [5.41, 5.74) is 1.33. The first-order valence-corrected chi connectivity index (χ1v) is 8.64. The van der Waals surface area contributed by atoms with Crippen LogP contribution in [0.2, 0.25) is 0 Å². The van der Waals surface area contributed by atoms with E-state index in [-0.39, 0.29) is 0 Å². The summed E-state index contributed by atoms with van der Waals surface area (Å²) in [4.78, 5) is 5.72. The molecule has 1 N–H and O–H groups in total. The van der Waals surface area contributed by atoms with Gasteiger partial charge >= 0.3 is 0 Å². The van der Waals surface area contributed by atoms with Crippen molar-refractivity contribution in [2.75, 3.05) is 6.26 Å². The van der Waals surface area contributed by atoms with E-state index in [2.05, 4.69) is 54.7 Å². The maximum Gasteiger partial charge on any atom is 0.109 e. The minimum Gasteiger partial charge on any atom is -0.301 e. The smallest absolute Gasteiger partial charge is 0.109 e. The lowest BCUT2D eigenvalue weighted by molar-refractivity contribution is 0.455. The molecule has 1 aromatic carbocycles. The fourth-order valence-corrected chi connectivity index (χ4v) is 3.25. The van der Waals surface area contributed by atoms with Gasteiger partial charge in [-0.15, -0.1) is 23.1 Å². The van der Waals surface area contributed by atoms with Crippen molar-refractivity contribution in [1.29, 1.82) is 0 Å². The number of thioether (sulfide) groups is 1. The van der Waals surface area contributed by atoms with Crippen LogP contribution in [0.4, 0.5) is 0 Å². The van der Waals surface area contributed by atoms with Crippen molar-refractivity contribution in [1.82, 2.24) is 10.3 Å². The van der Waals surface area contributed by atoms with Crippen LogP contribution in [-0.2, 0) is 0 Å². The van der Waals surface area contributed by atoms with Crippen LogP contribution >= 0.6 is 23.1 Å². The van der Waals surface area contributed by atoms with Crippen LogP contribution in [0.25, 0.3) is 0 Å². The van der Waals surface area contributed by atoms with Gasteiger partial charge in [-0.25, -0.2) is 4.98 Å². The zero-order valence-electron chi connectivity index (χ0n) is 11.6. The lowest BCUT2D eigenvalue weighted by Gasteiger charge is -2.21. The Balaban J connectivity index is 2.04. The molecule has 1 heterocycles. The molecule has 1 aromatic heterocycles. The van der Waals surface area contributed by atoms with Crippen LogP contribution in [0.5, 0.6) is 0 Å². The molecule has 0 amide bonds. The zero-order chi connectivity index (χ0) is 13.7. The molecule has 2 unspecified atom stereocenters. The van der Waals surface area contributed by atoms with Crippen LogP contribution < -0.4 is 5.32 Å². The molecule has 0 aliphatic carbocycles. The first-order valence-electron chi connectivity index (χ1n) is 6.54. The highest BCUT2D eigenvalue weighted by Gasteiger charge is 2.15. The van der Waals surface area contributed by atoms with E-state index in [4.69, 9.17) is 0 Å². The van der Waals surface area contributed by atoms with E-state index >= 15 is 0 Å². The standard InChI is InChI=1S/C15H20N2S2/c1-4-14(15-16-9-10-19-15)17-11(2)12-5-7-13(18-3)8-6-12/h5-11,14,17H,4H2,1-3H3. The Labute approximate surface area is 123 Å². The molecular formula is C15H20N2S2. The van der Waals surface area contributed by atoms with E-state index in [0.717, 1.165) is 6.42 Å². The van der Waals surface area contributed by atoms with E-state index in [9.17, 15) is 0 Å². The molecule has 0 aliphatic heterocycles. The van der Waals surface area contributed by atoms with Gasteiger partial charge in [0.15, 0.2) is 0 Å². The van der Waals surface area contributed by atoms with Crippen molar-refractivity contribution in [3.63, 3.8) is 0 Å². The van der Waals surface area contributed by atoms with Gasteiger partial charge in [0.2, 0.25) is 0 Å². The zero-order valence-corrected chi connectivity index (χ0v) is 13.2. The third kappa shape index (κ3) is 3.81. The Morgan fingerprint density at radius 1 is 1.32 bits per heavy atom. The normalized spacial score (nSPS) is 14.3. The van der Waals surface area contributed by atoms with Crippen LogP contribution in [0.1, 0.15) is 42.9 Å². The average molecular weight is 292 g/mol.